The van der Waals surface area contributed by atoms with Crippen LogP contribution < -0.4 is 5.32 Å². The van der Waals surface area contributed by atoms with Crippen molar-refractivity contribution in [2.45, 2.75) is 26.3 Å². The van der Waals surface area contributed by atoms with Crippen molar-refractivity contribution in [3.63, 3.8) is 0 Å². The van der Waals surface area contributed by atoms with Crippen LogP contribution in [0.1, 0.15) is 23.4 Å². The van der Waals surface area contributed by atoms with Gasteiger partial charge in [0, 0.05) is 33.6 Å². The Labute approximate surface area is 155 Å². The topological polar surface area (TPSA) is 56.3 Å². The van der Waals surface area contributed by atoms with Crippen molar-refractivity contribution in [3.8, 4) is 0 Å². The molecule has 0 aliphatic heterocycles. The number of aromatic amines is 1. The maximum atomic E-state index is 4.63. The highest BCUT2D eigenvalue weighted by molar-refractivity contribution is 5.79. The lowest BCUT2D eigenvalue weighted by Gasteiger charge is -2.23. The Balaban J connectivity index is 1.48. The molecule has 1 heterocycles. The number of rotatable bonds is 6. The summed E-state index contributed by atoms with van der Waals surface area (Å²) < 4.78 is 0. The van der Waals surface area contributed by atoms with E-state index in [9.17, 15) is 0 Å². The number of aromatic nitrogens is 2. The van der Waals surface area contributed by atoms with Crippen molar-refractivity contribution in [2.24, 2.45) is 4.99 Å². The maximum absolute atomic E-state index is 4.63. The van der Waals surface area contributed by atoms with Gasteiger partial charge in [-0.15, -0.1) is 0 Å². The number of aliphatic imine (C=N–C) groups is 1. The van der Waals surface area contributed by atoms with Gasteiger partial charge in [0.25, 0.3) is 0 Å². The van der Waals surface area contributed by atoms with Crippen LogP contribution >= 0.6 is 0 Å². The van der Waals surface area contributed by atoms with E-state index in [2.05, 4.69) is 69.5 Å². The minimum absolute atomic E-state index is 0.843. The molecule has 136 valence electrons. The number of nitrogens with one attached hydrogen (secondary N) is 2. The standard InChI is InChI=1S/C21H27N5/c1-16-9-4-5-10-17(16)15-26(3)21(22-2)23-14-8-13-20-24-18-11-6-7-12-19(18)25-20/h4-7,9-12H,8,13-15H2,1-3H3,(H,22,23)(H,24,25). The number of hydrogen-bond donors (Lipinski definition) is 2. The number of benzene rings is 2. The average Bonchev–Trinajstić information content (AvgIpc) is 3.06. The Kier molecular flexibility index (Phi) is 5.89. The predicted molar refractivity (Wildman–Crippen MR) is 108 cm³/mol. The molecule has 3 rings (SSSR count). The summed E-state index contributed by atoms with van der Waals surface area (Å²) in [7, 11) is 3.90. The SMILES string of the molecule is CN=C(NCCCc1nc2ccccc2[nH]1)N(C)Cc1ccccc1C. The van der Waals surface area contributed by atoms with E-state index >= 15 is 0 Å². The zero-order valence-corrected chi connectivity index (χ0v) is 15.8. The van der Waals surface area contributed by atoms with Gasteiger partial charge in [0.1, 0.15) is 5.82 Å². The molecule has 2 aromatic carbocycles. The largest absolute Gasteiger partial charge is 0.356 e. The fourth-order valence-corrected chi connectivity index (χ4v) is 3.08. The number of imidazole rings is 1. The summed E-state index contributed by atoms with van der Waals surface area (Å²) >= 11 is 0. The molecular formula is C21H27N5. The van der Waals surface area contributed by atoms with E-state index in [1.165, 1.54) is 11.1 Å². The van der Waals surface area contributed by atoms with E-state index in [4.69, 9.17) is 0 Å². The Morgan fingerprint density at radius 2 is 1.92 bits per heavy atom. The first-order valence-electron chi connectivity index (χ1n) is 9.07. The van der Waals surface area contributed by atoms with E-state index in [0.29, 0.717) is 0 Å². The van der Waals surface area contributed by atoms with Gasteiger partial charge in [-0.2, -0.15) is 0 Å². The highest BCUT2D eigenvalue weighted by Crippen LogP contribution is 2.11. The van der Waals surface area contributed by atoms with Crippen molar-refractivity contribution >= 4 is 17.0 Å². The first kappa shape index (κ1) is 18.0. The Hall–Kier alpha value is -2.82. The van der Waals surface area contributed by atoms with Crippen LogP contribution in [0.2, 0.25) is 0 Å². The highest BCUT2D eigenvalue weighted by atomic mass is 15.3. The van der Waals surface area contributed by atoms with Crippen molar-refractivity contribution in [1.29, 1.82) is 0 Å². The van der Waals surface area contributed by atoms with Crippen LogP contribution in [0.3, 0.4) is 0 Å². The molecular weight excluding hydrogens is 322 g/mol. The van der Waals surface area contributed by atoms with Gasteiger partial charge in [-0.25, -0.2) is 4.98 Å². The molecule has 1 aromatic heterocycles. The van der Waals surface area contributed by atoms with Crippen molar-refractivity contribution < 1.29 is 0 Å². The van der Waals surface area contributed by atoms with Crippen LogP contribution in [0.25, 0.3) is 11.0 Å². The van der Waals surface area contributed by atoms with Crippen LogP contribution in [0.15, 0.2) is 53.5 Å². The molecule has 0 fully saturated rings. The predicted octanol–water partition coefficient (Wildman–Crippen LogP) is 3.51. The number of para-hydroxylation sites is 2. The van der Waals surface area contributed by atoms with Crippen LogP contribution in [0.4, 0.5) is 0 Å². The smallest absolute Gasteiger partial charge is 0.193 e. The monoisotopic (exact) mass is 349 g/mol. The zero-order valence-electron chi connectivity index (χ0n) is 15.8. The number of H-pyrrole nitrogens is 1. The quantitative estimate of drug-likeness (QED) is 0.407. The van der Waals surface area contributed by atoms with E-state index in [1.54, 1.807) is 0 Å². The summed E-state index contributed by atoms with van der Waals surface area (Å²) in [6, 6.07) is 16.6. The van der Waals surface area contributed by atoms with Crippen molar-refractivity contribution in [2.75, 3.05) is 20.6 Å². The first-order valence-corrected chi connectivity index (χ1v) is 9.07. The zero-order chi connectivity index (χ0) is 18.4. The fraction of sp³-hybridized carbons (Fsp3) is 0.333. The van der Waals surface area contributed by atoms with Gasteiger partial charge in [-0.3, -0.25) is 4.99 Å². The second-order valence-electron chi connectivity index (χ2n) is 6.56. The van der Waals surface area contributed by atoms with Gasteiger partial charge in [0.15, 0.2) is 5.96 Å². The summed E-state index contributed by atoms with van der Waals surface area (Å²) in [6.07, 6.45) is 1.91. The lowest BCUT2D eigenvalue weighted by atomic mass is 10.1. The van der Waals surface area contributed by atoms with Crippen LogP contribution in [-0.2, 0) is 13.0 Å². The van der Waals surface area contributed by atoms with Crippen LogP contribution in [0, 0.1) is 6.92 Å². The maximum Gasteiger partial charge on any atom is 0.193 e. The molecule has 5 nitrogen and oxygen atoms in total. The molecule has 0 aliphatic carbocycles. The van der Waals surface area contributed by atoms with Gasteiger partial charge < -0.3 is 15.2 Å². The number of hydrogen-bond acceptors (Lipinski definition) is 2. The number of nitrogens with zero attached hydrogens (tertiary/aromatic N) is 3. The third-order valence-corrected chi connectivity index (χ3v) is 4.55. The third-order valence-electron chi connectivity index (χ3n) is 4.55. The van der Waals surface area contributed by atoms with Gasteiger partial charge in [-0.1, -0.05) is 36.4 Å². The Bertz CT molecular complexity index is 848. The van der Waals surface area contributed by atoms with E-state index in [0.717, 1.165) is 48.7 Å². The summed E-state index contributed by atoms with van der Waals surface area (Å²) in [5, 5.41) is 3.45. The number of guanidine groups is 1. The molecule has 0 amide bonds. The Morgan fingerprint density at radius 1 is 1.15 bits per heavy atom. The molecule has 2 N–H and O–H groups in total. The van der Waals surface area contributed by atoms with Crippen LogP contribution in [-0.4, -0.2) is 41.5 Å². The minimum Gasteiger partial charge on any atom is -0.356 e. The van der Waals surface area contributed by atoms with Gasteiger partial charge in [0.2, 0.25) is 0 Å². The lowest BCUT2D eigenvalue weighted by Crippen LogP contribution is -2.39. The fourth-order valence-electron chi connectivity index (χ4n) is 3.08. The molecule has 5 heteroatoms. The first-order chi connectivity index (χ1) is 12.7. The van der Waals surface area contributed by atoms with Crippen LogP contribution in [0.5, 0.6) is 0 Å². The summed E-state index contributed by atoms with van der Waals surface area (Å²) in [4.78, 5) is 14.6. The van der Waals surface area contributed by atoms with Gasteiger partial charge in [0.05, 0.1) is 11.0 Å². The second-order valence-corrected chi connectivity index (χ2v) is 6.56. The number of aryl methyl sites for hydroxylation is 2. The normalized spacial score (nSPS) is 11.7. The molecule has 0 atom stereocenters. The summed E-state index contributed by atoms with van der Waals surface area (Å²) in [5.74, 6) is 1.95. The van der Waals surface area contributed by atoms with Gasteiger partial charge >= 0.3 is 0 Å². The van der Waals surface area contributed by atoms with E-state index in [-0.39, 0.29) is 0 Å². The molecule has 26 heavy (non-hydrogen) atoms. The van der Waals surface area contributed by atoms with E-state index < -0.39 is 0 Å². The second kappa shape index (κ2) is 8.52. The highest BCUT2D eigenvalue weighted by Gasteiger charge is 2.08. The molecule has 3 aromatic rings. The molecule has 0 aliphatic rings. The third kappa shape index (κ3) is 4.42. The minimum atomic E-state index is 0.843. The van der Waals surface area contributed by atoms with E-state index in [1.807, 2.05) is 25.2 Å². The molecule has 0 bridgehead atoms. The average molecular weight is 349 g/mol. The summed E-state index contributed by atoms with van der Waals surface area (Å²) in [5.41, 5.74) is 4.76. The van der Waals surface area contributed by atoms with Crippen molar-refractivity contribution in [3.05, 3.63) is 65.5 Å². The molecule has 0 spiro atoms. The summed E-state index contributed by atoms with van der Waals surface area (Å²) in [6.45, 7) is 3.85. The lowest BCUT2D eigenvalue weighted by molar-refractivity contribution is 0.474. The molecule has 0 radical (unpaired) electrons. The molecule has 0 saturated carbocycles. The van der Waals surface area contributed by atoms with Crippen molar-refractivity contribution in [1.82, 2.24) is 20.2 Å². The number of fused-ring (bicyclic) bond motifs is 1. The molecule has 0 unspecified atom stereocenters. The Morgan fingerprint density at radius 3 is 2.69 bits per heavy atom. The van der Waals surface area contributed by atoms with Gasteiger partial charge in [-0.05, 0) is 36.6 Å². The molecule has 0 saturated heterocycles.